The van der Waals surface area contributed by atoms with Crippen molar-refractivity contribution in [2.45, 2.75) is 89.8 Å². The maximum atomic E-state index is 14.4. The van der Waals surface area contributed by atoms with Crippen molar-refractivity contribution in [3.63, 3.8) is 0 Å². The van der Waals surface area contributed by atoms with Crippen LogP contribution in [-0.4, -0.2) is 8.80 Å². The zero-order chi connectivity index (χ0) is 17.5. The van der Waals surface area contributed by atoms with Gasteiger partial charge in [-0.1, -0.05) is 64.6 Å². The van der Waals surface area contributed by atoms with Crippen LogP contribution in [0, 0.1) is 17.6 Å². The Hall–Kier alpha value is -0.703. The van der Waals surface area contributed by atoms with E-state index >= 15 is 0 Å². The molecule has 1 saturated heterocycles. The zero-order valence-corrected chi connectivity index (χ0v) is 16.9. The largest absolute Gasteiger partial charge is 0.207 e. The molecule has 1 aliphatic rings. The molecule has 0 nitrogen and oxygen atoms in total. The predicted molar refractivity (Wildman–Crippen MR) is 103 cm³/mol. The molecule has 1 aromatic carbocycles. The Bertz CT molecular complexity index is 484. The molecule has 0 saturated carbocycles. The molecule has 1 heterocycles. The van der Waals surface area contributed by atoms with E-state index in [1.165, 1.54) is 37.4 Å². The van der Waals surface area contributed by atoms with Gasteiger partial charge in [-0.2, -0.15) is 0 Å². The summed E-state index contributed by atoms with van der Waals surface area (Å²) < 4.78 is 28.8. The van der Waals surface area contributed by atoms with Crippen LogP contribution < -0.4 is 0 Å². The molecule has 0 unspecified atom stereocenters. The predicted octanol–water partition coefficient (Wildman–Crippen LogP) is 6.85. The van der Waals surface area contributed by atoms with Crippen LogP contribution in [0.1, 0.15) is 76.3 Å². The van der Waals surface area contributed by atoms with Crippen LogP contribution in [0.4, 0.5) is 8.78 Å². The van der Waals surface area contributed by atoms with Crippen molar-refractivity contribution in [1.29, 1.82) is 0 Å². The van der Waals surface area contributed by atoms with E-state index in [4.69, 9.17) is 0 Å². The van der Waals surface area contributed by atoms with Gasteiger partial charge < -0.3 is 0 Å². The van der Waals surface area contributed by atoms with Gasteiger partial charge in [0.05, 0.1) is 0 Å². The normalized spacial score (nSPS) is 22.5. The number of rotatable bonds is 8. The van der Waals surface area contributed by atoms with Gasteiger partial charge in [-0.15, -0.1) is 0 Å². The molecule has 2 rings (SSSR count). The van der Waals surface area contributed by atoms with Gasteiger partial charge in [-0.05, 0) is 48.8 Å². The fraction of sp³-hybridized carbons (Fsp3) is 0.714. The van der Waals surface area contributed by atoms with Crippen molar-refractivity contribution in [2.24, 2.45) is 5.92 Å². The third kappa shape index (κ3) is 5.40. The van der Waals surface area contributed by atoms with Crippen molar-refractivity contribution in [3.8, 4) is 0 Å². The summed E-state index contributed by atoms with van der Waals surface area (Å²) in [4.78, 5) is 0. The first-order valence-corrected chi connectivity index (χ1v) is 12.5. The minimum Gasteiger partial charge on any atom is -0.207 e. The first-order valence-electron chi connectivity index (χ1n) is 10.0. The molecular formula is C21H34F2Si. The standard InChI is InChI=1S/C21H34F2Si/c1-4-6-7-10-24-11-8-17(9-12-24)18-14-20(22)19(21(23)15-18)13-16(3)5-2/h14-17,24H,4-13H2,1-3H3/t16-,17-,24-/m0/s1. The van der Waals surface area contributed by atoms with E-state index in [1.54, 1.807) is 12.1 Å². The summed E-state index contributed by atoms with van der Waals surface area (Å²) in [5.41, 5.74) is 1.19. The van der Waals surface area contributed by atoms with Crippen LogP contribution >= 0.6 is 0 Å². The van der Waals surface area contributed by atoms with E-state index in [-0.39, 0.29) is 17.2 Å². The lowest BCUT2D eigenvalue weighted by Crippen LogP contribution is -2.20. The molecule has 1 aromatic rings. The van der Waals surface area contributed by atoms with E-state index in [0.29, 0.717) is 18.3 Å². The molecule has 3 heteroatoms. The van der Waals surface area contributed by atoms with Crippen molar-refractivity contribution in [3.05, 3.63) is 34.9 Å². The van der Waals surface area contributed by atoms with Gasteiger partial charge in [0.1, 0.15) is 11.6 Å². The Morgan fingerprint density at radius 2 is 1.71 bits per heavy atom. The highest BCUT2D eigenvalue weighted by molar-refractivity contribution is 6.59. The van der Waals surface area contributed by atoms with E-state index in [2.05, 4.69) is 20.8 Å². The lowest BCUT2D eigenvalue weighted by Gasteiger charge is -2.28. The van der Waals surface area contributed by atoms with Gasteiger partial charge in [-0.3, -0.25) is 0 Å². The summed E-state index contributed by atoms with van der Waals surface area (Å²) in [6, 6.07) is 7.43. The smallest absolute Gasteiger partial charge is 0.129 e. The summed E-state index contributed by atoms with van der Waals surface area (Å²) in [5, 5.41) is 0. The second kappa shape index (κ2) is 9.70. The van der Waals surface area contributed by atoms with E-state index < -0.39 is 8.80 Å². The summed E-state index contributed by atoms with van der Waals surface area (Å²) >= 11 is 0. The minimum absolute atomic E-state index is 0.288. The molecule has 1 atom stereocenters. The average molecular weight is 353 g/mol. The summed E-state index contributed by atoms with van der Waals surface area (Å²) in [7, 11) is -0.566. The van der Waals surface area contributed by atoms with Gasteiger partial charge in [0.2, 0.25) is 0 Å². The molecule has 1 fully saturated rings. The van der Waals surface area contributed by atoms with Crippen LogP contribution in [0.3, 0.4) is 0 Å². The first-order chi connectivity index (χ1) is 11.5. The van der Waals surface area contributed by atoms with Gasteiger partial charge in [0, 0.05) is 14.4 Å². The lowest BCUT2D eigenvalue weighted by atomic mass is 9.90. The second-order valence-corrected chi connectivity index (χ2v) is 11.4. The van der Waals surface area contributed by atoms with Gasteiger partial charge in [0.25, 0.3) is 0 Å². The van der Waals surface area contributed by atoms with Crippen LogP contribution in [0.2, 0.25) is 18.1 Å². The maximum Gasteiger partial charge on any atom is 0.129 e. The van der Waals surface area contributed by atoms with Crippen molar-refractivity contribution < 1.29 is 8.78 Å². The Morgan fingerprint density at radius 1 is 1.08 bits per heavy atom. The Kier molecular flexibility index (Phi) is 7.93. The number of unbranched alkanes of at least 4 members (excludes halogenated alkanes) is 2. The van der Waals surface area contributed by atoms with Crippen LogP contribution in [0.25, 0.3) is 0 Å². The molecule has 0 bridgehead atoms. The van der Waals surface area contributed by atoms with E-state index in [1.807, 2.05) is 0 Å². The topological polar surface area (TPSA) is 0 Å². The molecule has 0 radical (unpaired) electrons. The van der Waals surface area contributed by atoms with Gasteiger partial charge in [-0.25, -0.2) is 8.78 Å². The fourth-order valence-corrected chi connectivity index (χ4v) is 7.49. The van der Waals surface area contributed by atoms with Gasteiger partial charge in [0.15, 0.2) is 0 Å². The number of halogens is 2. The Morgan fingerprint density at radius 3 is 2.25 bits per heavy atom. The lowest BCUT2D eigenvalue weighted by molar-refractivity contribution is 0.492. The summed E-state index contributed by atoms with van der Waals surface area (Å²) in [6.45, 7) is 6.38. The highest BCUT2D eigenvalue weighted by Gasteiger charge is 2.25. The third-order valence-corrected chi connectivity index (χ3v) is 9.47. The average Bonchev–Trinajstić information content (AvgIpc) is 2.58. The maximum absolute atomic E-state index is 14.4. The van der Waals surface area contributed by atoms with Crippen LogP contribution in [0.15, 0.2) is 12.1 Å². The molecule has 0 aromatic heterocycles. The number of hydrogen-bond donors (Lipinski definition) is 0. The van der Waals surface area contributed by atoms with E-state index in [0.717, 1.165) is 24.8 Å². The van der Waals surface area contributed by atoms with E-state index in [9.17, 15) is 8.78 Å². The van der Waals surface area contributed by atoms with Crippen molar-refractivity contribution in [1.82, 2.24) is 0 Å². The van der Waals surface area contributed by atoms with Gasteiger partial charge >= 0.3 is 0 Å². The third-order valence-electron chi connectivity index (χ3n) is 5.95. The first kappa shape index (κ1) is 19.6. The molecular weight excluding hydrogens is 318 g/mol. The Balaban J connectivity index is 1.96. The highest BCUT2D eigenvalue weighted by Crippen LogP contribution is 2.36. The monoisotopic (exact) mass is 352 g/mol. The highest BCUT2D eigenvalue weighted by atomic mass is 28.3. The van der Waals surface area contributed by atoms with Crippen molar-refractivity contribution in [2.75, 3.05) is 0 Å². The second-order valence-electron chi connectivity index (χ2n) is 7.89. The minimum atomic E-state index is -0.566. The SMILES string of the molecule is CCCCC[Si@H]1CC[C@H](c2cc(F)c(C[C@@H](C)CC)c(F)c2)CC1. The van der Waals surface area contributed by atoms with Crippen molar-refractivity contribution >= 4 is 8.80 Å². The molecule has 0 amide bonds. The Labute approximate surface area is 148 Å². The molecule has 0 spiro atoms. The quantitative estimate of drug-likeness (QED) is 0.354. The molecule has 0 aliphatic carbocycles. The molecule has 1 aliphatic heterocycles. The summed E-state index contributed by atoms with van der Waals surface area (Å²) in [5.74, 6) is 0.0474. The summed E-state index contributed by atoms with van der Waals surface area (Å²) in [6.07, 6.45) is 7.80. The zero-order valence-electron chi connectivity index (χ0n) is 15.7. The number of hydrogen-bond acceptors (Lipinski definition) is 0. The van der Waals surface area contributed by atoms with Crippen LogP contribution in [-0.2, 0) is 6.42 Å². The molecule has 24 heavy (non-hydrogen) atoms. The fourth-order valence-electron chi connectivity index (χ4n) is 4.01. The molecule has 0 N–H and O–H groups in total. The molecule has 136 valence electrons. The van der Waals surface area contributed by atoms with Crippen LogP contribution in [0.5, 0.6) is 0 Å². The number of benzene rings is 1.